The van der Waals surface area contributed by atoms with Crippen molar-refractivity contribution in [3.05, 3.63) is 109 Å². The van der Waals surface area contributed by atoms with Gasteiger partial charge in [0, 0.05) is 5.69 Å². The third kappa shape index (κ3) is 5.35. The van der Waals surface area contributed by atoms with Gasteiger partial charge in [0.25, 0.3) is 5.91 Å². The fourth-order valence-corrected chi connectivity index (χ4v) is 4.16. The Morgan fingerprint density at radius 1 is 0.750 bits per heavy atom. The molecule has 1 amide bonds. The van der Waals surface area contributed by atoms with Crippen LogP contribution >= 0.6 is 0 Å². The van der Waals surface area contributed by atoms with E-state index in [0.717, 1.165) is 5.69 Å². The maximum Gasteiger partial charge on any atom is 0.291 e. The molecule has 32 heavy (non-hydrogen) atoms. The minimum absolute atomic E-state index is 0.0242. The number of benzene rings is 3. The predicted octanol–water partition coefficient (Wildman–Crippen LogP) is 5.92. The lowest BCUT2D eigenvalue weighted by molar-refractivity contribution is 0.0995. The largest absolute Gasteiger partial charge is 0.455 e. The molecule has 1 aromatic heterocycles. The summed E-state index contributed by atoms with van der Waals surface area (Å²) in [7, 11) is -3.56. The molecule has 0 saturated heterocycles. The molecule has 4 aromatic rings. The molecule has 1 heterocycles. The molecule has 0 saturated carbocycles. The van der Waals surface area contributed by atoms with E-state index in [2.05, 4.69) is 15.5 Å². The molecule has 0 aliphatic rings. The van der Waals surface area contributed by atoms with Crippen molar-refractivity contribution in [2.75, 3.05) is 5.32 Å². The maximum atomic E-state index is 12.5. The van der Waals surface area contributed by atoms with Crippen LogP contribution in [0, 0.1) is 0 Å². The van der Waals surface area contributed by atoms with Crippen molar-refractivity contribution in [3.8, 4) is 0 Å². The number of carbonyl (C=O) groups is 1. The second kappa shape index (κ2) is 9.40. The number of amides is 1. The summed E-state index contributed by atoms with van der Waals surface area (Å²) in [5.41, 5.74) is 1.93. The lowest BCUT2D eigenvalue weighted by Gasteiger charge is -2.04. The third-order valence-electron chi connectivity index (χ3n) is 4.48. The second-order valence-corrected chi connectivity index (χ2v) is 8.86. The number of carbonyl (C=O) groups excluding carboxylic acids is 1. The number of anilines is 1. The van der Waals surface area contributed by atoms with Crippen LogP contribution in [0.15, 0.2) is 117 Å². The molecule has 0 radical (unpaired) electrons. The number of nitrogens with one attached hydrogen (secondary N) is 1. The van der Waals surface area contributed by atoms with Crippen molar-refractivity contribution in [2.45, 2.75) is 10.6 Å². The average molecular weight is 446 g/mol. The molecular formula is C24H19N3O4S. The van der Waals surface area contributed by atoms with Crippen LogP contribution in [0.4, 0.5) is 17.1 Å². The van der Waals surface area contributed by atoms with E-state index < -0.39 is 15.7 Å². The highest BCUT2D eigenvalue weighted by Gasteiger charge is 2.19. The Kier molecular flexibility index (Phi) is 6.23. The minimum Gasteiger partial charge on any atom is -0.455 e. The summed E-state index contributed by atoms with van der Waals surface area (Å²) in [6.07, 6.45) is 0. The third-order valence-corrected chi connectivity index (χ3v) is 6.14. The number of sulfone groups is 1. The Morgan fingerprint density at radius 3 is 2.00 bits per heavy atom. The van der Waals surface area contributed by atoms with Gasteiger partial charge in [-0.15, -0.1) is 0 Å². The van der Waals surface area contributed by atoms with Gasteiger partial charge in [0.15, 0.2) is 15.6 Å². The zero-order valence-corrected chi connectivity index (χ0v) is 17.7. The van der Waals surface area contributed by atoms with Crippen molar-refractivity contribution >= 4 is 32.8 Å². The summed E-state index contributed by atoms with van der Waals surface area (Å²) in [5.74, 6) is -0.593. The minimum atomic E-state index is -3.56. The Bertz CT molecular complexity index is 1330. The fourth-order valence-electron chi connectivity index (χ4n) is 2.89. The lowest BCUT2D eigenvalue weighted by Crippen LogP contribution is -2.10. The molecule has 4 rings (SSSR count). The molecular weight excluding hydrogens is 426 g/mol. The number of rotatable bonds is 7. The maximum absolute atomic E-state index is 12.5. The molecule has 0 bridgehead atoms. The van der Waals surface area contributed by atoms with Crippen molar-refractivity contribution in [2.24, 2.45) is 10.2 Å². The summed E-state index contributed by atoms with van der Waals surface area (Å²) in [5, 5.41) is 11.0. The molecule has 8 heteroatoms. The van der Waals surface area contributed by atoms with E-state index in [4.69, 9.17) is 4.42 Å². The van der Waals surface area contributed by atoms with E-state index in [1.54, 1.807) is 42.5 Å². The predicted molar refractivity (Wildman–Crippen MR) is 121 cm³/mol. The van der Waals surface area contributed by atoms with Crippen LogP contribution < -0.4 is 5.32 Å². The first-order valence-electron chi connectivity index (χ1n) is 9.74. The van der Waals surface area contributed by atoms with Gasteiger partial charge < -0.3 is 9.73 Å². The fraction of sp³-hybridized carbons (Fsp3) is 0.0417. The summed E-state index contributed by atoms with van der Waals surface area (Å²) >= 11 is 0. The van der Waals surface area contributed by atoms with Gasteiger partial charge in [0.1, 0.15) is 11.5 Å². The highest BCUT2D eigenvalue weighted by atomic mass is 32.2. The summed E-state index contributed by atoms with van der Waals surface area (Å²) in [4.78, 5) is 12.7. The first-order valence-corrected chi connectivity index (χ1v) is 11.4. The van der Waals surface area contributed by atoms with Crippen LogP contribution in [0.3, 0.4) is 0 Å². The van der Waals surface area contributed by atoms with Crippen LogP contribution in [0.2, 0.25) is 0 Å². The van der Waals surface area contributed by atoms with Crippen molar-refractivity contribution in [1.82, 2.24) is 0 Å². The zero-order chi connectivity index (χ0) is 22.4. The molecule has 160 valence electrons. The molecule has 3 aromatic carbocycles. The van der Waals surface area contributed by atoms with Gasteiger partial charge in [-0.3, -0.25) is 4.79 Å². The van der Waals surface area contributed by atoms with E-state index >= 15 is 0 Å². The Morgan fingerprint density at radius 2 is 1.34 bits per heavy atom. The van der Waals surface area contributed by atoms with Crippen LogP contribution in [0.1, 0.15) is 16.3 Å². The molecule has 0 atom stereocenters. The number of hydrogen-bond acceptors (Lipinski definition) is 6. The van der Waals surface area contributed by atoms with Gasteiger partial charge in [0.2, 0.25) is 0 Å². The molecule has 0 fully saturated rings. The van der Waals surface area contributed by atoms with Crippen LogP contribution in [-0.2, 0) is 15.6 Å². The van der Waals surface area contributed by atoms with Gasteiger partial charge >= 0.3 is 0 Å². The van der Waals surface area contributed by atoms with Crippen molar-refractivity contribution < 1.29 is 17.6 Å². The summed E-state index contributed by atoms with van der Waals surface area (Å²) in [6, 6.07) is 27.2. The highest BCUT2D eigenvalue weighted by molar-refractivity contribution is 7.90. The SMILES string of the molecule is O=C(Nc1ccc(N=Nc2ccccc2)cc1)c1ccc(CS(=O)(=O)c2ccccc2)o1. The Labute approximate surface area is 185 Å². The first-order chi connectivity index (χ1) is 15.5. The van der Waals surface area contributed by atoms with E-state index in [9.17, 15) is 13.2 Å². The van der Waals surface area contributed by atoms with E-state index in [1.807, 2.05) is 30.3 Å². The average Bonchev–Trinajstić information content (AvgIpc) is 3.28. The zero-order valence-electron chi connectivity index (χ0n) is 16.9. The van der Waals surface area contributed by atoms with Crippen LogP contribution in [-0.4, -0.2) is 14.3 Å². The van der Waals surface area contributed by atoms with Crippen molar-refractivity contribution in [1.29, 1.82) is 0 Å². The van der Waals surface area contributed by atoms with Crippen LogP contribution in [0.25, 0.3) is 0 Å². The monoisotopic (exact) mass is 445 g/mol. The van der Waals surface area contributed by atoms with Gasteiger partial charge in [-0.2, -0.15) is 10.2 Å². The van der Waals surface area contributed by atoms with Gasteiger partial charge in [-0.25, -0.2) is 8.42 Å². The molecule has 0 aliphatic heterocycles. The second-order valence-electron chi connectivity index (χ2n) is 6.87. The molecule has 0 unspecified atom stereocenters. The molecule has 7 nitrogen and oxygen atoms in total. The summed E-state index contributed by atoms with van der Waals surface area (Å²) < 4.78 is 30.4. The number of nitrogens with zero attached hydrogens (tertiary/aromatic N) is 2. The van der Waals surface area contributed by atoms with Crippen LogP contribution in [0.5, 0.6) is 0 Å². The normalized spacial score (nSPS) is 11.5. The Hall–Kier alpha value is -4.04. The standard InChI is InChI=1S/C24H19N3O4S/c28-24(23-16-15-21(31-23)17-32(29,30)22-9-5-2-6-10-22)25-18-11-13-20(14-12-18)27-26-19-7-3-1-4-8-19/h1-16H,17H2,(H,25,28). The smallest absolute Gasteiger partial charge is 0.291 e. The molecule has 1 N–H and O–H groups in total. The van der Waals surface area contributed by atoms with Gasteiger partial charge in [0.05, 0.1) is 16.3 Å². The van der Waals surface area contributed by atoms with Gasteiger partial charge in [-0.1, -0.05) is 36.4 Å². The van der Waals surface area contributed by atoms with Gasteiger partial charge in [-0.05, 0) is 60.7 Å². The first kappa shape index (κ1) is 21.2. The molecule has 0 spiro atoms. The van der Waals surface area contributed by atoms with E-state index in [-0.39, 0.29) is 22.2 Å². The highest BCUT2D eigenvalue weighted by Crippen LogP contribution is 2.22. The lowest BCUT2D eigenvalue weighted by atomic mass is 10.3. The van der Waals surface area contributed by atoms with E-state index in [1.165, 1.54) is 24.3 Å². The van der Waals surface area contributed by atoms with E-state index in [0.29, 0.717) is 11.4 Å². The molecule has 0 aliphatic carbocycles. The quantitative estimate of drug-likeness (QED) is 0.357. The summed E-state index contributed by atoms with van der Waals surface area (Å²) in [6.45, 7) is 0. The Balaban J connectivity index is 1.38. The number of hydrogen-bond donors (Lipinski definition) is 1. The topological polar surface area (TPSA) is 101 Å². The van der Waals surface area contributed by atoms with Crippen molar-refractivity contribution in [3.63, 3.8) is 0 Å². The number of azo groups is 1. The number of furan rings is 1.